The van der Waals surface area contributed by atoms with Crippen molar-refractivity contribution in [3.05, 3.63) is 84.0 Å². The second-order valence-electron chi connectivity index (χ2n) is 5.90. The van der Waals surface area contributed by atoms with Crippen LogP contribution in [0.5, 0.6) is 0 Å². The van der Waals surface area contributed by atoms with Crippen molar-refractivity contribution in [1.82, 2.24) is 4.90 Å². The minimum atomic E-state index is 0. The molecule has 0 saturated carbocycles. The van der Waals surface area contributed by atoms with E-state index < -0.39 is 0 Å². The van der Waals surface area contributed by atoms with E-state index in [2.05, 4.69) is 73.1 Å². The second-order valence-corrected chi connectivity index (χ2v) is 6.92. The quantitative estimate of drug-likeness (QED) is 0.756. The molecule has 0 aliphatic carbocycles. The molecule has 0 unspecified atom stereocenters. The summed E-state index contributed by atoms with van der Waals surface area (Å²) in [5.41, 5.74) is 5.57. The maximum absolute atomic E-state index is 3.81. The fraction of sp³-hybridized carbons (Fsp3) is 0.238. The molecule has 3 heteroatoms. The molecule has 0 radical (unpaired) electrons. The van der Waals surface area contributed by atoms with E-state index in [1.807, 2.05) is 17.8 Å². The third-order valence-corrected chi connectivity index (χ3v) is 5.29. The number of halogens is 1. The summed E-state index contributed by atoms with van der Waals surface area (Å²) >= 11 is 1.94. The fourth-order valence-electron chi connectivity index (χ4n) is 2.99. The summed E-state index contributed by atoms with van der Waals surface area (Å²) in [4.78, 5) is 3.68. The van der Waals surface area contributed by atoms with Gasteiger partial charge in [-0.3, -0.25) is 0 Å². The predicted molar refractivity (Wildman–Crippen MR) is 102 cm³/mol. The Morgan fingerprint density at radius 2 is 1.79 bits per heavy atom. The SMILES string of the molecule is C=CCN(C)CC/C=C1\c2ccccc2CSc2ccccc21.[Cl-]. The van der Waals surface area contributed by atoms with Gasteiger partial charge >= 0.3 is 0 Å². The van der Waals surface area contributed by atoms with Crippen LogP contribution in [0.3, 0.4) is 0 Å². The largest absolute Gasteiger partial charge is 1.00 e. The van der Waals surface area contributed by atoms with Gasteiger partial charge in [-0.15, -0.1) is 18.3 Å². The molecule has 1 aliphatic rings. The van der Waals surface area contributed by atoms with Crippen molar-refractivity contribution in [3.8, 4) is 0 Å². The molecule has 0 spiro atoms. The monoisotopic (exact) mass is 356 g/mol. The Labute approximate surface area is 155 Å². The number of likely N-dealkylation sites (N-methyl/N-ethyl adjacent to an activating group) is 1. The first-order valence-corrected chi connectivity index (χ1v) is 9.08. The van der Waals surface area contributed by atoms with Gasteiger partial charge in [-0.05, 0) is 41.8 Å². The molecular weight excluding hydrogens is 334 g/mol. The Kier molecular flexibility index (Phi) is 7.16. The van der Waals surface area contributed by atoms with Gasteiger partial charge in [-0.25, -0.2) is 0 Å². The number of hydrogen-bond donors (Lipinski definition) is 0. The van der Waals surface area contributed by atoms with Crippen LogP contribution in [-0.4, -0.2) is 25.0 Å². The lowest BCUT2D eigenvalue weighted by atomic mass is 9.93. The molecule has 0 aromatic heterocycles. The first kappa shape index (κ1) is 18.9. The summed E-state index contributed by atoms with van der Waals surface area (Å²) in [7, 11) is 2.14. The minimum Gasteiger partial charge on any atom is -1.00 e. The van der Waals surface area contributed by atoms with E-state index in [9.17, 15) is 0 Å². The average molecular weight is 357 g/mol. The zero-order valence-corrected chi connectivity index (χ0v) is 15.6. The van der Waals surface area contributed by atoms with Crippen molar-refractivity contribution in [1.29, 1.82) is 0 Å². The van der Waals surface area contributed by atoms with Crippen LogP contribution in [0.15, 0.2) is 72.2 Å². The normalized spacial score (nSPS) is 14.5. The lowest BCUT2D eigenvalue weighted by Gasteiger charge is -2.14. The second kappa shape index (κ2) is 9.12. The number of fused-ring (bicyclic) bond motifs is 2. The van der Waals surface area contributed by atoms with Crippen LogP contribution in [0, 0.1) is 0 Å². The van der Waals surface area contributed by atoms with E-state index in [1.54, 1.807) is 0 Å². The van der Waals surface area contributed by atoms with E-state index in [4.69, 9.17) is 0 Å². The summed E-state index contributed by atoms with van der Waals surface area (Å²) in [6.07, 6.45) is 5.41. The number of rotatable bonds is 5. The number of thioether (sulfide) groups is 1. The van der Waals surface area contributed by atoms with Gasteiger partial charge < -0.3 is 17.3 Å². The van der Waals surface area contributed by atoms with Crippen LogP contribution in [0.1, 0.15) is 23.1 Å². The van der Waals surface area contributed by atoms with Crippen molar-refractivity contribution in [2.45, 2.75) is 17.1 Å². The highest BCUT2D eigenvalue weighted by atomic mass is 35.5. The van der Waals surface area contributed by atoms with Crippen LogP contribution in [0.4, 0.5) is 0 Å². The number of hydrogen-bond acceptors (Lipinski definition) is 2. The highest BCUT2D eigenvalue weighted by molar-refractivity contribution is 7.98. The standard InChI is InChI=1S/C21H23NS.ClH/c1-3-14-22(2)15-8-12-19-18-10-5-4-9-17(18)16-23-21-13-7-6-11-20(19)21;/h3-7,9-13H,1,8,14-16H2,2H3;1H/p-1/b19-12+;. The molecule has 1 heterocycles. The van der Waals surface area contributed by atoms with Crippen molar-refractivity contribution in [3.63, 3.8) is 0 Å². The van der Waals surface area contributed by atoms with Crippen LogP contribution >= 0.6 is 11.8 Å². The average Bonchev–Trinajstić information content (AvgIpc) is 2.73. The van der Waals surface area contributed by atoms with Crippen molar-refractivity contribution < 1.29 is 12.4 Å². The van der Waals surface area contributed by atoms with Crippen LogP contribution < -0.4 is 12.4 Å². The summed E-state index contributed by atoms with van der Waals surface area (Å²) in [5.74, 6) is 1.04. The van der Waals surface area contributed by atoms with Gasteiger partial charge in [0.15, 0.2) is 0 Å². The number of nitrogens with zero attached hydrogens (tertiary/aromatic N) is 1. The minimum absolute atomic E-state index is 0. The zero-order valence-electron chi connectivity index (χ0n) is 14.0. The summed E-state index contributed by atoms with van der Waals surface area (Å²) < 4.78 is 0. The van der Waals surface area contributed by atoms with Gasteiger partial charge in [0.1, 0.15) is 0 Å². The number of benzene rings is 2. The zero-order chi connectivity index (χ0) is 16.1. The van der Waals surface area contributed by atoms with E-state index in [0.29, 0.717) is 0 Å². The van der Waals surface area contributed by atoms with Crippen LogP contribution in [0.25, 0.3) is 5.57 Å². The lowest BCUT2D eigenvalue weighted by Crippen LogP contribution is -3.00. The first-order chi connectivity index (χ1) is 11.3. The Morgan fingerprint density at radius 3 is 2.58 bits per heavy atom. The summed E-state index contributed by atoms with van der Waals surface area (Å²) in [5, 5.41) is 0. The Balaban J connectivity index is 0.00000208. The lowest BCUT2D eigenvalue weighted by molar-refractivity contribution is -0.00000457. The van der Waals surface area contributed by atoms with Gasteiger partial charge in [0, 0.05) is 23.7 Å². The maximum Gasteiger partial charge on any atom is 0.0238 e. The third-order valence-electron chi connectivity index (χ3n) is 4.17. The molecule has 0 fully saturated rings. The molecule has 3 rings (SSSR count). The van der Waals surface area contributed by atoms with Crippen LogP contribution in [0.2, 0.25) is 0 Å². The molecule has 24 heavy (non-hydrogen) atoms. The van der Waals surface area contributed by atoms with Crippen molar-refractivity contribution >= 4 is 17.3 Å². The van der Waals surface area contributed by atoms with Crippen molar-refractivity contribution in [2.24, 2.45) is 0 Å². The molecule has 0 saturated heterocycles. The molecule has 2 aromatic rings. The molecule has 126 valence electrons. The van der Waals surface area contributed by atoms with Gasteiger partial charge in [-0.2, -0.15) is 0 Å². The molecular formula is C21H23ClNS-. The third kappa shape index (κ3) is 4.32. The van der Waals surface area contributed by atoms with E-state index in [-0.39, 0.29) is 12.4 Å². The molecule has 0 N–H and O–H groups in total. The van der Waals surface area contributed by atoms with Crippen molar-refractivity contribution in [2.75, 3.05) is 20.1 Å². The van der Waals surface area contributed by atoms with E-state index in [1.165, 1.54) is 27.2 Å². The van der Waals surface area contributed by atoms with Gasteiger partial charge in [-0.1, -0.05) is 54.6 Å². The van der Waals surface area contributed by atoms with Crippen LogP contribution in [-0.2, 0) is 5.75 Å². The van der Waals surface area contributed by atoms with E-state index >= 15 is 0 Å². The highest BCUT2D eigenvalue weighted by Gasteiger charge is 2.17. The molecule has 1 nitrogen and oxygen atoms in total. The Morgan fingerprint density at radius 1 is 1.08 bits per heavy atom. The smallest absolute Gasteiger partial charge is 0.0238 e. The van der Waals surface area contributed by atoms with Gasteiger partial charge in [0.25, 0.3) is 0 Å². The molecule has 0 bridgehead atoms. The van der Waals surface area contributed by atoms with Gasteiger partial charge in [0.2, 0.25) is 0 Å². The highest BCUT2D eigenvalue weighted by Crippen LogP contribution is 2.39. The summed E-state index contributed by atoms with van der Waals surface area (Å²) in [6, 6.07) is 17.6. The van der Waals surface area contributed by atoms with Gasteiger partial charge in [0.05, 0.1) is 0 Å². The topological polar surface area (TPSA) is 3.24 Å². The van der Waals surface area contributed by atoms with E-state index in [0.717, 1.165) is 25.3 Å². The summed E-state index contributed by atoms with van der Waals surface area (Å²) in [6.45, 7) is 5.80. The first-order valence-electron chi connectivity index (χ1n) is 8.09. The fourth-order valence-corrected chi connectivity index (χ4v) is 4.06. The predicted octanol–water partition coefficient (Wildman–Crippen LogP) is 2.24. The molecule has 2 aromatic carbocycles. The Bertz CT molecular complexity index is 674. The molecule has 0 atom stereocenters. The molecule has 0 amide bonds. The Hall–Kier alpha value is -1.48. The molecule has 1 aliphatic heterocycles. The maximum atomic E-state index is 3.81.